The molecule has 78 valence electrons. The van der Waals surface area contributed by atoms with E-state index in [1.807, 2.05) is 24.3 Å². The summed E-state index contributed by atoms with van der Waals surface area (Å²) < 4.78 is 1.45. The lowest BCUT2D eigenvalue weighted by atomic mass is 10.3. The lowest BCUT2D eigenvalue weighted by Crippen LogP contribution is -2.16. The summed E-state index contributed by atoms with van der Waals surface area (Å²) in [5.41, 5.74) is 1.33. The van der Waals surface area contributed by atoms with Crippen LogP contribution in [0.15, 0.2) is 47.5 Å². The van der Waals surface area contributed by atoms with Gasteiger partial charge in [-0.05, 0) is 18.2 Å². The SMILES string of the molecule is O=c1[nH]c2ccccc2n1-c1ncccn1. The molecular weight excluding hydrogens is 204 g/mol. The van der Waals surface area contributed by atoms with Gasteiger partial charge in [-0.25, -0.2) is 19.3 Å². The highest BCUT2D eigenvalue weighted by Gasteiger charge is 2.08. The summed E-state index contributed by atoms with van der Waals surface area (Å²) in [5, 5.41) is 0. The van der Waals surface area contributed by atoms with Crippen molar-refractivity contribution in [3.8, 4) is 5.95 Å². The standard InChI is InChI=1S/C11H8N4O/c16-11-14-8-4-1-2-5-9(8)15(11)10-12-6-3-7-13-10/h1-7H,(H,14,16). The number of aromatic nitrogens is 4. The van der Waals surface area contributed by atoms with Gasteiger partial charge in [0.15, 0.2) is 0 Å². The van der Waals surface area contributed by atoms with Crippen LogP contribution in [0, 0.1) is 0 Å². The predicted molar refractivity (Wildman–Crippen MR) is 59.5 cm³/mol. The first-order chi connectivity index (χ1) is 7.86. The number of hydrogen-bond acceptors (Lipinski definition) is 3. The molecule has 0 aliphatic heterocycles. The molecule has 0 atom stereocenters. The largest absolute Gasteiger partial charge is 0.333 e. The number of rotatable bonds is 1. The van der Waals surface area contributed by atoms with Gasteiger partial charge in [-0.3, -0.25) is 0 Å². The summed E-state index contributed by atoms with van der Waals surface area (Å²) in [6.45, 7) is 0. The van der Waals surface area contributed by atoms with Crippen LogP contribution in [0.1, 0.15) is 0 Å². The van der Waals surface area contributed by atoms with Crippen molar-refractivity contribution in [3.63, 3.8) is 0 Å². The first-order valence-corrected chi connectivity index (χ1v) is 4.83. The average molecular weight is 212 g/mol. The Morgan fingerprint density at radius 1 is 1.06 bits per heavy atom. The van der Waals surface area contributed by atoms with E-state index in [4.69, 9.17) is 0 Å². The number of nitrogens with zero attached hydrogens (tertiary/aromatic N) is 3. The van der Waals surface area contributed by atoms with Gasteiger partial charge in [0.2, 0.25) is 5.95 Å². The van der Waals surface area contributed by atoms with E-state index < -0.39 is 0 Å². The van der Waals surface area contributed by atoms with Crippen LogP contribution in [-0.4, -0.2) is 19.5 Å². The molecule has 0 fully saturated rings. The van der Waals surface area contributed by atoms with Crippen LogP contribution in [-0.2, 0) is 0 Å². The Labute approximate surface area is 90.4 Å². The molecule has 0 aliphatic rings. The van der Waals surface area contributed by atoms with Gasteiger partial charge < -0.3 is 4.98 Å². The van der Waals surface area contributed by atoms with E-state index in [-0.39, 0.29) is 5.69 Å². The molecule has 0 aliphatic carbocycles. The van der Waals surface area contributed by atoms with Crippen LogP contribution in [0.5, 0.6) is 0 Å². The smallest absolute Gasteiger partial charge is 0.305 e. The third-order valence-electron chi connectivity index (χ3n) is 2.34. The third kappa shape index (κ3) is 1.22. The molecule has 0 saturated heterocycles. The minimum atomic E-state index is -0.229. The first kappa shape index (κ1) is 8.84. The van der Waals surface area contributed by atoms with Gasteiger partial charge in [0.05, 0.1) is 11.0 Å². The third-order valence-corrected chi connectivity index (χ3v) is 2.34. The van der Waals surface area contributed by atoms with Gasteiger partial charge >= 0.3 is 5.69 Å². The zero-order valence-corrected chi connectivity index (χ0v) is 8.29. The molecule has 0 amide bonds. The second-order valence-corrected chi connectivity index (χ2v) is 3.33. The highest BCUT2D eigenvalue weighted by atomic mass is 16.1. The number of aromatic amines is 1. The molecule has 0 spiro atoms. The Bertz CT molecular complexity index is 684. The average Bonchev–Trinajstić information content (AvgIpc) is 2.66. The molecule has 0 radical (unpaired) electrons. The molecule has 1 aromatic carbocycles. The Morgan fingerprint density at radius 3 is 2.62 bits per heavy atom. The normalized spacial score (nSPS) is 10.8. The zero-order valence-electron chi connectivity index (χ0n) is 8.29. The van der Waals surface area contributed by atoms with E-state index in [1.54, 1.807) is 18.5 Å². The lowest BCUT2D eigenvalue weighted by Gasteiger charge is -1.99. The monoisotopic (exact) mass is 212 g/mol. The van der Waals surface area contributed by atoms with Crippen molar-refractivity contribution in [2.45, 2.75) is 0 Å². The Balaban J connectivity index is 2.40. The Kier molecular flexibility index (Phi) is 1.83. The lowest BCUT2D eigenvalue weighted by molar-refractivity contribution is 0.909. The molecule has 2 aromatic heterocycles. The van der Waals surface area contributed by atoms with Gasteiger partial charge in [-0.2, -0.15) is 0 Å². The number of imidazole rings is 1. The van der Waals surface area contributed by atoms with E-state index in [0.29, 0.717) is 5.95 Å². The summed E-state index contributed by atoms with van der Waals surface area (Å²) in [6, 6.07) is 9.15. The highest BCUT2D eigenvalue weighted by Crippen LogP contribution is 2.11. The van der Waals surface area contributed by atoms with Crippen LogP contribution < -0.4 is 5.69 Å². The van der Waals surface area contributed by atoms with E-state index >= 15 is 0 Å². The zero-order chi connectivity index (χ0) is 11.0. The molecule has 0 bridgehead atoms. The van der Waals surface area contributed by atoms with Gasteiger partial charge in [-0.1, -0.05) is 12.1 Å². The Hall–Kier alpha value is -2.43. The minimum absolute atomic E-state index is 0.229. The van der Waals surface area contributed by atoms with Crippen molar-refractivity contribution in [2.24, 2.45) is 0 Å². The van der Waals surface area contributed by atoms with Gasteiger partial charge in [0.25, 0.3) is 0 Å². The summed E-state index contributed by atoms with van der Waals surface area (Å²) >= 11 is 0. The fourth-order valence-electron chi connectivity index (χ4n) is 1.66. The van der Waals surface area contributed by atoms with Crippen molar-refractivity contribution >= 4 is 11.0 Å². The summed E-state index contributed by atoms with van der Waals surface area (Å²) in [6.07, 6.45) is 3.22. The quantitative estimate of drug-likeness (QED) is 0.657. The van der Waals surface area contributed by atoms with Gasteiger partial charge in [0.1, 0.15) is 0 Å². The van der Waals surface area contributed by atoms with Crippen molar-refractivity contribution in [3.05, 3.63) is 53.2 Å². The second kappa shape index (κ2) is 3.30. The van der Waals surface area contributed by atoms with Crippen LogP contribution in [0.2, 0.25) is 0 Å². The number of benzene rings is 1. The van der Waals surface area contributed by atoms with Gasteiger partial charge in [-0.15, -0.1) is 0 Å². The van der Waals surface area contributed by atoms with Crippen molar-refractivity contribution in [2.75, 3.05) is 0 Å². The molecule has 16 heavy (non-hydrogen) atoms. The van der Waals surface area contributed by atoms with Crippen molar-refractivity contribution in [1.29, 1.82) is 0 Å². The number of nitrogens with one attached hydrogen (secondary N) is 1. The van der Waals surface area contributed by atoms with Crippen LogP contribution >= 0.6 is 0 Å². The van der Waals surface area contributed by atoms with Crippen LogP contribution in [0.25, 0.3) is 17.0 Å². The van der Waals surface area contributed by atoms with Gasteiger partial charge in [0, 0.05) is 12.4 Å². The maximum absolute atomic E-state index is 11.8. The first-order valence-electron chi connectivity index (χ1n) is 4.83. The molecule has 3 rings (SSSR count). The molecular formula is C11H8N4O. The maximum Gasteiger partial charge on any atom is 0.333 e. The molecule has 0 saturated carbocycles. The number of fused-ring (bicyclic) bond motifs is 1. The summed E-state index contributed by atoms with van der Waals surface area (Å²) in [4.78, 5) is 22.6. The summed E-state index contributed by atoms with van der Waals surface area (Å²) in [7, 11) is 0. The minimum Gasteiger partial charge on any atom is -0.305 e. The topological polar surface area (TPSA) is 63.6 Å². The maximum atomic E-state index is 11.8. The van der Waals surface area contributed by atoms with E-state index in [1.165, 1.54) is 4.57 Å². The van der Waals surface area contributed by atoms with Crippen LogP contribution in [0.3, 0.4) is 0 Å². The molecule has 1 N–H and O–H groups in total. The van der Waals surface area contributed by atoms with E-state index in [0.717, 1.165) is 11.0 Å². The fourth-order valence-corrected chi connectivity index (χ4v) is 1.66. The second-order valence-electron chi connectivity index (χ2n) is 3.33. The number of H-pyrrole nitrogens is 1. The predicted octanol–water partition coefficient (Wildman–Crippen LogP) is 1.11. The molecule has 5 nitrogen and oxygen atoms in total. The molecule has 5 heteroatoms. The molecule has 3 aromatic rings. The van der Waals surface area contributed by atoms with E-state index in [9.17, 15) is 4.79 Å². The molecule has 0 unspecified atom stereocenters. The number of para-hydroxylation sites is 2. The number of hydrogen-bond donors (Lipinski definition) is 1. The Morgan fingerprint density at radius 2 is 1.81 bits per heavy atom. The summed E-state index contributed by atoms with van der Waals surface area (Å²) in [5.74, 6) is 0.380. The van der Waals surface area contributed by atoms with Crippen molar-refractivity contribution < 1.29 is 0 Å². The van der Waals surface area contributed by atoms with Crippen molar-refractivity contribution in [1.82, 2.24) is 19.5 Å². The van der Waals surface area contributed by atoms with Crippen LogP contribution in [0.4, 0.5) is 0 Å². The molecule has 2 heterocycles. The fraction of sp³-hybridized carbons (Fsp3) is 0. The van der Waals surface area contributed by atoms with E-state index in [2.05, 4.69) is 15.0 Å². The highest BCUT2D eigenvalue weighted by molar-refractivity contribution is 5.76.